The predicted molar refractivity (Wildman–Crippen MR) is 118 cm³/mol. The summed E-state index contributed by atoms with van der Waals surface area (Å²) in [6, 6.07) is 20.8. The molecule has 2 N–H and O–H groups in total. The first-order valence-corrected chi connectivity index (χ1v) is 9.55. The van der Waals surface area contributed by atoms with E-state index in [1.165, 1.54) is 10.9 Å². The van der Waals surface area contributed by atoms with Gasteiger partial charge >= 0.3 is 0 Å². The number of aryl methyl sites for hydroxylation is 2. The van der Waals surface area contributed by atoms with Gasteiger partial charge in [-0.1, -0.05) is 36.4 Å². The van der Waals surface area contributed by atoms with Crippen molar-refractivity contribution in [2.75, 3.05) is 10.6 Å². The molecule has 2 aromatic heterocycles. The van der Waals surface area contributed by atoms with Crippen molar-refractivity contribution in [3.05, 3.63) is 83.8 Å². The summed E-state index contributed by atoms with van der Waals surface area (Å²) in [5, 5.41) is 19.2. The van der Waals surface area contributed by atoms with Crippen molar-refractivity contribution in [2.24, 2.45) is 7.05 Å². The fourth-order valence-electron chi connectivity index (χ4n) is 3.12. The first-order chi connectivity index (χ1) is 15.0. The zero-order chi connectivity index (χ0) is 21.8. The van der Waals surface area contributed by atoms with Crippen LogP contribution < -0.4 is 10.6 Å². The summed E-state index contributed by atoms with van der Waals surface area (Å²) in [7, 11) is 1.66. The maximum absolute atomic E-state index is 12.7. The van der Waals surface area contributed by atoms with E-state index in [4.69, 9.17) is 0 Å². The molecule has 8 nitrogen and oxygen atoms in total. The molecule has 2 heterocycles. The van der Waals surface area contributed by atoms with Crippen LogP contribution >= 0.6 is 0 Å². The lowest BCUT2D eigenvalue weighted by atomic mass is 10.1. The zero-order valence-electron chi connectivity index (χ0n) is 17.0. The number of hydrogen-bond acceptors (Lipinski definition) is 6. The first-order valence-electron chi connectivity index (χ1n) is 9.55. The van der Waals surface area contributed by atoms with Gasteiger partial charge in [0.25, 0.3) is 5.91 Å². The van der Waals surface area contributed by atoms with Crippen LogP contribution in [0.4, 0.5) is 17.3 Å². The number of amides is 1. The molecular formula is C23H19N7O. The normalized spacial score (nSPS) is 10.4. The van der Waals surface area contributed by atoms with Crippen molar-refractivity contribution in [3.63, 3.8) is 0 Å². The van der Waals surface area contributed by atoms with Crippen LogP contribution in [0.1, 0.15) is 21.7 Å². The number of nitrogens with zero attached hydrogens (tertiary/aromatic N) is 5. The van der Waals surface area contributed by atoms with Crippen LogP contribution in [0.2, 0.25) is 0 Å². The van der Waals surface area contributed by atoms with Gasteiger partial charge in [0, 0.05) is 29.9 Å². The van der Waals surface area contributed by atoms with E-state index in [0.717, 1.165) is 11.3 Å². The van der Waals surface area contributed by atoms with Crippen LogP contribution in [0.5, 0.6) is 0 Å². The number of hydrogen-bond donors (Lipinski definition) is 2. The molecule has 31 heavy (non-hydrogen) atoms. The van der Waals surface area contributed by atoms with Gasteiger partial charge in [-0.3, -0.25) is 9.48 Å². The van der Waals surface area contributed by atoms with Crippen LogP contribution in [-0.2, 0) is 7.05 Å². The average Bonchev–Trinajstić information content (AvgIpc) is 3.13. The molecule has 4 aromatic rings. The largest absolute Gasteiger partial charge is 0.340 e. The van der Waals surface area contributed by atoms with Crippen molar-refractivity contribution in [1.29, 1.82) is 5.26 Å². The SMILES string of the molecule is Cc1nc(Nc2cccc(C(=O)Nc3c(C#N)cnn3C)c2)cc(-c2ccccc2)n1. The molecule has 0 saturated heterocycles. The van der Waals surface area contributed by atoms with Crippen molar-refractivity contribution >= 4 is 23.2 Å². The molecule has 0 atom stereocenters. The van der Waals surface area contributed by atoms with Crippen LogP contribution in [0.25, 0.3) is 11.3 Å². The summed E-state index contributed by atoms with van der Waals surface area (Å²) in [4.78, 5) is 21.7. The highest BCUT2D eigenvalue weighted by molar-refractivity contribution is 6.05. The maximum Gasteiger partial charge on any atom is 0.256 e. The average molecular weight is 409 g/mol. The van der Waals surface area contributed by atoms with Crippen LogP contribution in [-0.4, -0.2) is 25.7 Å². The lowest BCUT2D eigenvalue weighted by molar-refractivity contribution is 0.102. The van der Waals surface area contributed by atoms with E-state index in [0.29, 0.717) is 34.3 Å². The Morgan fingerprint density at radius 1 is 1.06 bits per heavy atom. The van der Waals surface area contributed by atoms with Crippen molar-refractivity contribution < 1.29 is 4.79 Å². The molecule has 8 heteroatoms. The van der Waals surface area contributed by atoms with E-state index in [-0.39, 0.29) is 5.91 Å². The van der Waals surface area contributed by atoms with Gasteiger partial charge in [-0.2, -0.15) is 10.4 Å². The molecule has 0 unspecified atom stereocenters. The third-order valence-electron chi connectivity index (χ3n) is 4.60. The van der Waals surface area contributed by atoms with Gasteiger partial charge in [-0.05, 0) is 25.1 Å². The second kappa shape index (κ2) is 8.47. The monoisotopic (exact) mass is 409 g/mol. The lowest BCUT2D eigenvalue weighted by Gasteiger charge is -2.11. The number of rotatable bonds is 5. The molecule has 1 amide bonds. The zero-order valence-corrected chi connectivity index (χ0v) is 17.0. The molecule has 0 bridgehead atoms. The Labute approximate surface area is 179 Å². The number of carbonyl (C=O) groups excluding carboxylic acids is 1. The third kappa shape index (κ3) is 4.41. The number of benzene rings is 2. The minimum absolute atomic E-state index is 0.301. The molecular weight excluding hydrogens is 390 g/mol. The molecule has 4 rings (SSSR count). The maximum atomic E-state index is 12.7. The molecule has 0 fully saturated rings. The highest BCUT2D eigenvalue weighted by atomic mass is 16.1. The predicted octanol–water partition coefficient (Wildman–Crippen LogP) is 4.05. The number of nitriles is 1. The van der Waals surface area contributed by atoms with Gasteiger partial charge in [0.1, 0.15) is 29.1 Å². The summed E-state index contributed by atoms with van der Waals surface area (Å²) in [5.74, 6) is 1.28. The molecule has 0 saturated carbocycles. The smallest absolute Gasteiger partial charge is 0.256 e. The molecule has 0 spiro atoms. The molecule has 0 aliphatic rings. The molecule has 0 radical (unpaired) electrons. The Kier molecular flexibility index (Phi) is 5.41. The van der Waals surface area contributed by atoms with Crippen LogP contribution in [0.15, 0.2) is 66.9 Å². The van der Waals surface area contributed by atoms with Crippen molar-refractivity contribution in [1.82, 2.24) is 19.7 Å². The van der Waals surface area contributed by atoms with Crippen LogP contribution in [0, 0.1) is 18.3 Å². The van der Waals surface area contributed by atoms with E-state index < -0.39 is 0 Å². The Hall–Kier alpha value is -4.51. The second-order valence-corrected chi connectivity index (χ2v) is 6.85. The van der Waals surface area contributed by atoms with E-state index >= 15 is 0 Å². The topological polar surface area (TPSA) is 109 Å². The summed E-state index contributed by atoms with van der Waals surface area (Å²) in [5.41, 5.74) is 3.24. The van der Waals surface area contributed by atoms with Gasteiger partial charge in [0.2, 0.25) is 0 Å². The van der Waals surface area contributed by atoms with Gasteiger partial charge in [-0.25, -0.2) is 9.97 Å². The summed E-state index contributed by atoms with van der Waals surface area (Å²) >= 11 is 0. The first kappa shape index (κ1) is 19.8. The van der Waals surface area contributed by atoms with Gasteiger partial charge in [0.05, 0.1) is 11.9 Å². The summed E-state index contributed by atoms with van der Waals surface area (Å²) in [6.07, 6.45) is 1.41. The summed E-state index contributed by atoms with van der Waals surface area (Å²) < 4.78 is 1.45. The quantitative estimate of drug-likeness (QED) is 0.515. The standard InChI is InChI=1S/C23H19N7O/c1-15-26-20(16-7-4-3-5-8-16)12-21(27-15)28-19-10-6-9-17(11-19)23(31)29-22-18(13-24)14-25-30(22)2/h3-12,14H,1-2H3,(H,29,31)(H,26,27,28). The fourth-order valence-corrected chi connectivity index (χ4v) is 3.12. The fraction of sp³-hybridized carbons (Fsp3) is 0.0870. The minimum atomic E-state index is -0.340. The molecule has 152 valence electrons. The summed E-state index contributed by atoms with van der Waals surface area (Å²) in [6.45, 7) is 1.84. The Balaban J connectivity index is 1.57. The number of nitrogens with one attached hydrogen (secondary N) is 2. The minimum Gasteiger partial charge on any atom is -0.340 e. The Bertz CT molecular complexity index is 1290. The van der Waals surface area contributed by atoms with E-state index in [2.05, 4.69) is 25.7 Å². The van der Waals surface area contributed by atoms with Crippen molar-refractivity contribution in [2.45, 2.75) is 6.92 Å². The van der Waals surface area contributed by atoms with Crippen molar-refractivity contribution in [3.8, 4) is 17.3 Å². The van der Waals surface area contributed by atoms with Gasteiger partial charge in [-0.15, -0.1) is 0 Å². The number of aromatic nitrogens is 4. The Morgan fingerprint density at radius 3 is 2.65 bits per heavy atom. The van der Waals surface area contributed by atoms with E-state index in [1.807, 2.05) is 55.5 Å². The lowest BCUT2D eigenvalue weighted by Crippen LogP contribution is -2.15. The van der Waals surface area contributed by atoms with Gasteiger partial charge in [0.15, 0.2) is 0 Å². The molecule has 0 aliphatic carbocycles. The van der Waals surface area contributed by atoms with E-state index in [9.17, 15) is 10.1 Å². The molecule has 0 aliphatic heterocycles. The van der Waals surface area contributed by atoms with E-state index in [1.54, 1.807) is 25.2 Å². The van der Waals surface area contributed by atoms with Gasteiger partial charge < -0.3 is 10.6 Å². The number of anilines is 3. The second-order valence-electron chi connectivity index (χ2n) is 6.85. The Morgan fingerprint density at radius 2 is 1.87 bits per heavy atom. The molecule has 2 aromatic carbocycles. The third-order valence-corrected chi connectivity index (χ3v) is 4.60. The highest BCUT2D eigenvalue weighted by Crippen LogP contribution is 2.23. The highest BCUT2D eigenvalue weighted by Gasteiger charge is 2.14. The number of carbonyl (C=O) groups is 1. The van der Waals surface area contributed by atoms with Crippen LogP contribution in [0.3, 0.4) is 0 Å².